The predicted molar refractivity (Wildman–Crippen MR) is 112 cm³/mol. The fraction of sp³-hybridized carbons (Fsp3) is 0.500. The Balaban J connectivity index is 2.80. The third-order valence-electron chi connectivity index (χ3n) is 3.77. The second-order valence-electron chi connectivity index (χ2n) is 7.65. The SMILES string of the molecule is COC(=O)CCC#Cc1cccc(OCC(CCC(N)=O)NC(=O)OC(C)(C)C)c1F. The van der Waals surface area contributed by atoms with E-state index in [9.17, 15) is 18.8 Å². The first-order chi connectivity index (χ1) is 14.5. The number of nitrogens with one attached hydrogen (secondary N) is 1. The molecule has 0 saturated carbocycles. The summed E-state index contributed by atoms with van der Waals surface area (Å²) in [6.45, 7) is 5.04. The number of carbonyl (C=O) groups excluding carboxylic acids is 3. The number of rotatable bonds is 9. The maximum absolute atomic E-state index is 14.7. The Kier molecular flexibility index (Phi) is 10.3. The van der Waals surface area contributed by atoms with E-state index in [1.165, 1.54) is 19.2 Å². The zero-order chi connectivity index (χ0) is 23.4. The average Bonchev–Trinajstić information content (AvgIpc) is 2.67. The topological polar surface area (TPSA) is 117 Å². The minimum absolute atomic E-state index is 0.0119. The molecular weight excluding hydrogens is 407 g/mol. The molecule has 1 aromatic rings. The Bertz CT molecular complexity index is 839. The average molecular weight is 436 g/mol. The van der Waals surface area contributed by atoms with Crippen molar-refractivity contribution < 1.29 is 33.0 Å². The Labute approximate surface area is 181 Å². The Morgan fingerprint density at radius 2 is 1.94 bits per heavy atom. The minimum atomic E-state index is -0.702. The molecule has 2 amide bonds. The van der Waals surface area contributed by atoms with Crippen molar-refractivity contribution >= 4 is 18.0 Å². The predicted octanol–water partition coefficient (Wildman–Crippen LogP) is 2.67. The molecule has 31 heavy (non-hydrogen) atoms. The van der Waals surface area contributed by atoms with Gasteiger partial charge in [-0.3, -0.25) is 9.59 Å². The number of halogens is 1. The Morgan fingerprint density at radius 1 is 1.23 bits per heavy atom. The Morgan fingerprint density at radius 3 is 2.55 bits per heavy atom. The zero-order valence-corrected chi connectivity index (χ0v) is 18.2. The lowest BCUT2D eigenvalue weighted by Gasteiger charge is -2.23. The summed E-state index contributed by atoms with van der Waals surface area (Å²) in [6.07, 6.45) is -0.136. The first-order valence-corrected chi connectivity index (χ1v) is 9.76. The van der Waals surface area contributed by atoms with Crippen LogP contribution in [0.3, 0.4) is 0 Å². The molecule has 0 bridgehead atoms. The largest absolute Gasteiger partial charge is 0.488 e. The lowest BCUT2D eigenvalue weighted by molar-refractivity contribution is -0.140. The van der Waals surface area contributed by atoms with Gasteiger partial charge in [-0.15, -0.1) is 0 Å². The van der Waals surface area contributed by atoms with Crippen LogP contribution in [0.4, 0.5) is 9.18 Å². The van der Waals surface area contributed by atoms with E-state index in [-0.39, 0.29) is 43.6 Å². The van der Waals surface area contributed by atoms with Gasteiger partial charge < -0.3 is 25.3 Å². The molecule has 0 spiro atoms. The molecule has 0 fully saturated rings. The van der Waals surface area contributed by atoms with Crippen molar-refractivity contribution in [3.05, 3.63) is 29.6 Å². The van der Waals surface area contributed by atoms with E-state index in [2.05, 4.69) is 21.9 Å². The molecule has 0 aromatic heterocycles. The highest BCUT2D eigenvalue weighted by atomic mass is 19.1. The van der Waals surface area contributed by atoms with Gasteiger partial charge in [-0.05, 0) is 39.3 Å². The first kappa shape index (κ1) is 25.8. The summed E-state index contributed by atoms with van der Waals surface area (Å²) in [7, 11) is 1.28. The molecule has 1 aromatic carbocycles. The number of ether oxygens (including phenoxy) is 3. The summed E-state index contributed by atoms with van der Waals surface area (Å²) in [4.78, 5) is 34.2. The maximum atomic E-state index is 14.7. The van der Waals surface area contributed by atoms with Gasteiger partial charge in [0.1, 0.15) is 12.2 Å². The van der Waals surface area contributed by atoms with E-state index < -0.39 is 35.4 Å². The highest BCUT2D eigenvalue weighted by Gasteiger charge is 2.21. The van der Waals surface area contributed by atoms with Crippen molar-refractivity contribution in [2.24, 2.45) is 5.73 Å². The Hall–Kier alpha value is -3.28. The van der Waals surface area contributed by atoms with E-state index in [0.29, 0.717) is 0 Å². The molecule has 170 valence electrons. The molecule has 8 nitrogen and oxygen atoms in total. The summed E-state index contributed by atoms with van der Waals surface area (Å²) in [6, 6.07) is 3.85. The van der Waals surface area contributed by atoms with Crippen molar-refractivity contribution in [2.45, 2.75) is 58.1 Å². The quantitative estimate of drug-likeness (QED) is 0.454. The number of primary amides is 1. The van der Waals surface area contributed by atoms with Crippen LogP contribution in [0.25, 0.3) is 0 Å². The number of hydrogen-bond acceptors (Lipinski definition) is 6. The number of alkyl carbamates (subject to hydrolysis) is 1. The van der Waals surface area contributed by atoms with Crippen molar-refractivity contribution in [1.29, 1.82) is 0 Å². The zero-order valence-electron chi connectivity index (χ0n) is 18.2. The van der Waals surface area contributed by atoms with Crippen molar-refractivity contribution in [1.82, 2.24) is 5.32 Å². The van der Waals surface area contributed by atoms with Gasteiger partial charge in [0.15, 0.2) is 11.6 Å². The first-order valence-electron chi connectivity index (χ1n) is 9.76. The van der Waals surface area contributed by atoms with E-state index in [0.717, 1.165) is 0 Å². The monoisotopic (exact) mass is 436 g/mol. The molecule has 3 N–H and O–H groups in total. The highest BCUT2D eigenvalue weighted by Crippen LogP contribution is 2.20. The second-order valence-corrected chi connectivity index (χ2v) is 7.65. The van der Waals surface area contributed by atoms with Crippen molar-refractivity contribution in [2.75, 3.05) is 13.7 Å². The highest BCUT2D eigenvalue weighted by molar-refractivity contribution is 5.74. The van der Waals surface area contributed by atoms with Crippen LogP contribution in [0.2, 0.25) is 0 Å². The maximum Gasteiger partial charge on any atom is 0.407 e. The number of esters is 1. The van der Waals surface area contributed by atoms with Gasteiger partial charge in [-0.25, -0.2) is 9.18 Å². The molecule has 0 heterocycles. The normalized spacial score (nSPS) is 11.5. The van der Waals surface area contributed by atoms with E-state index in [1.807, 2.05) is 0 Å². The summed E-state index contributed by atoms with van der Waals surface area (Å²) in [5.74, 6) is 3.70. The molecule has 1 unspecified atom stereocenters. The molecule has 1 rings (SSSR count). The number of nitrogens with two attached hydrogens (primary N) is 1. The van der Waals surface area contributed by atoms with Crippen LogP contribution in [0.5, 0.6) is 5.75 Å². The van der Waals surface area contributed by atoms with Gasteiger partial charge in [0, 0.05) is 12.8 Å². The second kappa shape index (κ2) is 12.4. The molecule has 0 aliphatic rings. The third-order valence-corrected chi connectivity index (χ3v) is 3.77. The molecule has 0 saturated heterocycles. The molecule has 1 atom stereocenters. The van der Waals surface area contributed by atoms with Crippen LogP contribution in [0.1, 0.15) is 52.0 Å². The van der Waals surface area contributed by atoms with Gasteiger partial charge in [0.05, 0.1) is 25.1 Å². The number of amides is 2. The van der Waals surface area contributed by atoms with E-state index in [1.54, 1.807) is 26.8 Å². The van der Waals surface area contributed by atoms with E-state index in [4.69, 9.17) is 15.2 Å². The summed E-state index contributed by atoms with van der Waals surface area (Å²) >= 11 is 0. The van der Waals surface area contributed by atoms with Crippen LogP contribution in [0.15, 0.2) is 18.2 Å². The van der Waals surface area contributed by atoms with Gasteiger partial charge >= 0.3 is 12.1 Å². The van der Waals surface area contributed by atoms with Crippen molar-refractivity contribution in [3.63, 3.8) is 0 Å². The molecular formula is C22H29FN2O6. The number of hydrogen-bond donors (Lipinski definition) is 2. The number of carbonyl (C=O) groups is 3. The van der Waals surface area contributed by atoms with Crippen LogP contribution < -0.4 is 15.8 Å². The lowest BCUT2D eigenvalue weighted by atomic mass is 10.1. The summed E-state index contributed by atoms with van der Waals surface area (Å²) < 4.78 is 29.9. The van der Waals surface area contributed by atoms with Gasteiger partial charge in [-0.2, -0.15) is 0 Å². The fourth-order valence-electron chi connectivity index (χ4n) is 2.32. The molecule has 9 heteroatoms. The van der Waals surface area contributed by atoms with Crippen LogP contribution in [0, 0.1) is 17.7 Å². The third kappa shape index (κ3) is 10.9. The van der Waals surface area contributed by atoms with Gasteiger partial charge in [-0.1, -0.05) is 17.9 Å². The number of methoxy groups -OCH3 is 1. The van der Waals surface area contributed by atoms with Crippen LogP contribution in [-0.2, 0) is 19.1 Å². The molecule has 0 radical (unpaired) electrons. The lowest BCUT2D eigenvalue weighted by Crippen LogP contribution is -2.42. The molecule has 0 aliphatic heterocycles. The summed E-state index contributed by atoms with van der Waals surface area (Å²) in [5.41, 5.74) is 4.59. The number of benzene rings is 1. The fourth-order valence-corrected chi connectivity index (χ4v) is 2.32. The smallest absolute Gasteiger partial charge is 0.407 e. The standard InChI is InChI=1S/C22H29FN2O6/c1-22(2,3)31-21(28)25-16(12-13-18(24)26)14-30-17-10-7-9-15(20(17)23)8-5-6-11-19(27)29-4/h7,9-10,16H,6,11-14H2,1-4H3,(H2,24,26)(H,25,28). The molecule has 0 aliphatic carbocycles. The van der Waals surface area contributed by atoms with Gasteiger partial charge in [0.2, 0.25) is 5.91 Å². The van der Waals surface area contributed by atoms with Gasteiger partial charge in [0.25, 0.3) is 0 Å². The minimum Gasteiger partial charge on any atom is -0.488 e. The van der Waals surface area contributed by atoms with Crippen LogP contribution in [-0.4, -0.2) is 43.3 Å². The van der Waals surface area contributed by atoms with Crippen molar-refractivity contribution in [3.8, 4) is 17.6 Å². The summed E-state index contributed by atoms with van der Waals surface area (Å²) in [5, 5.41) is 2.60. The van der Waals surface area contributed by atoms with Crippen LogP contribution >= 0.6 is 0 Å². The van der Waals surface area contributed by atoms with E-state index >= 15 is 0 Å².